The molecule has 0 spiro atoms. The second kappa shape index (κ2) is 11.2. The van der Waals surface area contributed by atoms with Gasteiger partial charge < -0.3 is 10.1 Å². The van der Waals surface area contributed by atoms with Gasteiger partial charge in [-0.1, -0.05) is 25.5 Å². The Balaban J connectivity index is 1.76. The first-order valence-corrected chi connectivity index (χ1v) is 10.2. The van der Waals surface area contributed by atoms with Crippen LogP contribution in [0.4, 0.5) is 28.7 Å². The van der Waals surface area contributed by atoms with E-state index in [1.165, 1.54) is 24.3 Å². The number of hydrogen-bond donors (Lipinski definition) is 3. The van der Waals surface area contributed by atoms with Gasteiger partial charge in [-0.25, -0.2) is 9.97 Å². The molecule has 3 N–H and O–H groups in total. The molecule has 0 bridgehead atoms. The molecular formula is C21H21N7O6. The molecule has 0 aliphatic heterocycles. The molecule has 1 heterocycles. The minimum Gasteiger partial charge on any atom is -0.494 e. The van der Waals surface area contributed by atoms with E-state index in [9.17, 15) is 25.0 Å². The fourth-order valence-electron chi connectivity index (χ4n) is 2.85. The fraction of sp³-hybridized carbons (Fsp3) is 0.190. The highest BCUT2D eigenvalue weighted by Gasteiger charge is 2.25. The number of ether oxygens (including phenoxy) is 1. The number of anilines is 3. The van der Waals surface area contributed by atoms with E-state index in [2.05, 4.69) is 33.1 Å². The average molecular weight is 467 g/mol. The van der Waals surface area contributed by atoms with Gasteiger partial charge in [0.15, 0.2) is 0 Å². The fourth-order valence-corrected chi connectivity index (χ4v) is 2.85. The molecule has 0 unspecified atom stereocenters. The van der Waals surface area contributed by atoms with E-state index in [0.717, 1.165) is 19.2 Å². The van der Waals surface area contributed by atoms with Crippen LogP contribution in [0.25, 0.3) is 0 Å². The maximum absolute atomic E-state index is 12.4. The number of carbonyl (C=O) groups is 1. The minimum atomic E-state index is -0.867. The van der Waals surface area contributed by atoms with E-state index < -0.39 is 27.1 Å². The molecular weight excluding hydrogens is 446 g/mol. The van der Waals surface area contributed by atoms with Crippen molar-refractivity contribution in [2.45, 2.75) is 19.8 Å². The Morgan fingerprint density at radius 1 is 1.00 bits per heavy atom. The van der Waals surface area contributed by atoms with Crippen molar-refractivity contribution < 1.29 is 19.4 Å². The maximum Gasteiger partial charge on any atom is 0.355 e. The van der Waals surface area contributed by atoms with Gasteiger partial charge in [0.2, 0.25) is 11.6 Å². The molecule has 3 rings (SSSR count). The quantitative estimate of drug-likeness (QED) is 0.212. The minimum absolute atomic E-state index is 0.123. The van der Waals surface area contributed by atoms with Gasteiger partial charge in [0.1, 0.15) is 17.6 Å². The Morgan fingerprint density at radius 2 is 1.71 bits per heavy atom. The lowest BCUT2D eigenvalue weighted by atomic mass is 10.2. The van der Waals surface area contributed by atoms with E-state index in [1.807, 2.05) is 0 Å². The second-order valence-corrected chi connectivity index (χ2v) is 6.88. The number of nitro benzene ring substituents is 1. The van der Waals surface area contributed by atoms with Crippen molar-refractivity contribution in [3.8, 4) is 5.75 Å². The Kier molecular flexibility index (Phi) is 7.84. The zero-order chi connectivity index (χ0) is 24.5. The number of carbonyl (C=O) groups excluding carboxylic acids is 1. The molecule has 1 amide bonds. The van der Waals surface area contributed by atoms with Gasteiger partial charge in [-0.3, -0.25) is 35.9 Å². The van der Waals surface area contributed by atoms with Crippen LogP contribution in [-0.2, 0) is 0 Å². The van der Waals surface area contributed by atoms with Crippen LogP contribution < -0.4 is 20.9 Å². The van der Waals surface area contributed by atoms with Crippen LogP contribution in [0.5, 0.6) is 5.75 Å². The normalized spacial score (nSPS) is 10.3. The number of hydrogen-bond acceptors (Lipinski definition) is 10. The molecule has 0 fully saturated rings. The third-order valence-corrected chi connectivity index (χ3v) is 4.53. The molecule has 1 aromatic heterocycles. The van der Waals surface area contributed by atoms with Crippen LogP contribution in [0, 0.1) is 20.2 Å². The Labute approximate surface area is 193 Å². The predicted molar refractivity (Wildman–Crippen MR) is 123 cm³/mol. The molecule has 3 aromatic rings. The Hall–Kier alpha value is -4.81. The molecule has 0 aliphatic carbocycles. The Bertz CT molecular complexity index is 1190. The Morgan fingerprint density at radius 3 is 2.38 bits per heavy atom. The molecule has 0 atom stereocenters. The molecule has 0 aliphatic rings. The number of aromatic nitrogens is 2. The molecule has 13 nitrogen and oxygen atoms in total. The number of unbranched alkanes of at least 4 members (excludes halogenated alkanes) is 1. The van der Waals surface area contributed by atoms with Gasteiger partial charge in [0.25, 0.3) is 11.6 Å². The molecule has 34 heavy (non-hydrogen) atoms. The van der Waals surface area contributed by atoms with Crippen LogP contribution in [-0.4, -0.2) is 32.3 Å². The van der Waals surface area contributed by atoms with Gasteiger partial charge in [-0.05, 0) is 36.8 Å². The van der Waals surface area contributed by atoms with Gasteiger partial charge in [-0.15, -0.1) is 0 Å². The number of nitrogens with one attached hydrogen (secondary N) is 3. The number of amides is 1. The summed E-state index contributed by atoms with van der Waals surface area (Å²) >= 11 is 0. The third kappa shape index (κ3) is 5.91. The van der Waals surface area contributed by atoms with Crippen LogP contribution in [0.1, 0.15) is 30.1 Å². The van der Waals surface area contributed by atoms with Crippen LogP contribution in [0.2, 0.25) is 0 Å². The summed E-state index contributed by atoms with van der Waals surface area (Å²) < 4.78 is 5.59. The summed E-state index contributed by atoms with van der Waals surface area (Å²) in [4.78, 5) is 41.6. The zero-order valence-corrected chi connectivity index (χ0v) is 18.1. The van der Waals surface area contributed by atoms with Crippen molar-refractivity contribution in [2.24, 2.45) is 0 Å². The highest BCUT2D eigenvalue weighted by molar-refractivity contribution is 5.98. The number of para-hydroxylation sites is 1. The molecule has 0 saturated heterocycles. The monoisotopic (exact) mass is 467 g/mol. The highest BCUT2D eigenvalue weighted by atomic mass is 16.6. The second-order valence-electron chi connectivity index (χ2n) is 6.88. The van der Waals surface area contributed by atoms with Crippen molar-refractivity contribution in [1.82, 2.24) is 15.4 Å². The first kappa shape index (κ1) is 23.8. The van der Waals surface area contributed by atoms with Crippen LogP contribution >= 0.6 is 0 Å². The van der Waals surface area contributed by atoms with E-state index in [1.54, 1.807) is 24.3 Å². The van der Waals surface area contributed by atoms with Gasteiger partial charge in [-0.2, -0.15) is 0 Å². The van der Waals surface area contributed by atoms with Crippen molar-refractivity contribution in [3.05, 3.63) is 80.7 Å². The lowest BCUT2D eigenvalue weighted by molar-refractivity contribution is -0.385. The number of hydrazine groups is 1. The van der Waals surface area contributed by atoms with Gasteiger partial charge in [0, 0.05) is 11.8 Å². The molecule has 176 valence electrons. The number of rotatable bonds is 11. The third-order valence-electron chi connectivity index (χ3n) is 4.53. The predicted octanol–water partition coefficient (Wildman–Crippen LogP) is 3.97. The maximum atomic E-state index is 12.4. The highest BCUT2D eigenvalue weighted by Crippen LogP contribution is 2.31. The molecule has 0 radical (unpaired) electrons. The van der Waals surface area contributed by atoms with Crippen LogP contribution in [0.15, 0.2) is 54.9 Å². The lowest BCUT2D eigenvalue weighted by Crippen LogP contribution is -2.30. The zero-order valence-electron chi connectivity index (χ0n) is 18.1. The largest absolute Gasteiger partial charge is 0.494 e. The SMILES string of the molecule is CCCCOc1ccc(Nc2ncnc(NNC(=O)c3ccccc3[N+](=O)[O-])c2[N+](=O)[O-])cc1. The van der Waals surface area contributed by atoms with E-state index in [0.29, 0.717) is 18.0 Å². The first-order valence-electron chi connectivity index (χ1n) is 10.2. The molecule has 13 heteroatoms. The van der Waals surface area contributed by atoms with Crippen molar-refractivity contribution in [2.75, 3.05) is 17.3 Å². The topological polar surface area (TPSA) is 174 Å². The summed E-state index contributed by atoms with van der Waals surface area (Å²) in [5.41, 5.74) is 3.88. The summed E-state index contributed by atoms with van der Waals surface area (Å²) in [7, 11) is 0. The number of nitrogens with zero attached hydrogens (tertiary/aromatic N) is 4. The smallest absolute Gasteiger partial charge is 0.355 e. The molecule has 2 aromatic carbocycles. The summed E-state index contributed by atoms with van der Waals surface area (Å²) in [6, 6.07) is 12.1. The standard InChI is InChI=1S/C21H21N7O6/c1-2-3-12-34-15-10-8-14(9-11-15)24-19-18(28(32)33)20(23-13-22-19)25-26-21(29)16-6-4-5-7-17(16)27(30)31/h4-11,13H,2-3,12H2,1H3,(H,26,29)(H2,22,23,24,25). The van der Waals surface area contributed by atoms with E-state index in [4.69, 9.17) is 4.74 Å². The molecule has 0 saturated carbocycles. The van der Waals surface area contributed by atoms with Crippen molar-refractivity contribution in [1.29, 1.82) is 0 Å². The van der Waals surface area contributed by atoms with Crippen molar-refractivity contribution in [3.63, 3.8) is 0 Å². The van der Waals surface area contributed by atoms with E-state index in [-0.39, 0.29) is 17.2 Å². The first-order chi connectivity index (χ1) is 16.4. The van der Waals surface area contributed by atoms with Crippen LogP contribution in [0.3, 0.4) is 0 Å². The number of benzene rings is 2. The summed E-state index contributed by atoms with van der Waals surface area (Å²) in [5.74, 6) is -0.638. The lowest BCUT2D eigenvalue weighted by Gasteiger charge is -2.11. The van der Waals surface area contributed by atoms with E-state index >= 15 is 0 Å². The van der Waals surface area contributed by atoms with Crippen molar-refractivity contribution >= 4 is 34.6 Å². The average Bonchev–Trinajstić information content (AvgIpc) is 2.83. The number of nitro groups is 2. The van der Waals surface area contributed by atoms with Gasteiger partial charge >= 0.3 is 5.69 Å². The summed E-state index contributed by atoms with van der Waals surface area (Å²) in [6.45, 7) is 2.65. The van der Waals surface area contributed by atoms with Gasteiger partial charge in [0.05, 0.1) is 16.5 Å². The summed E-state index contributed by atoms with van der Waals surface area (Å²) in [6.07, 6.45) is 3.00. The summed E-state index contributed by atoms with van der Waals surface area (Å²) in [5, 5.41) is 25.7.